The topological polar surface area (TPSA) is 110 Å². The Hall–Kier alpha value is -3.31. The minimum atomic E-state index is -0.275. The fraction of sp³-hybridized carbons (Fsp3) is 0.320. The highest BCUT2D eigenvalue weighted by Crippen LogP contribution is 2.33. The van der Waals surface area contributed by atoms with Crippen LogP contribution in [-0.2, 0) is 7.05 Å². The second-order valence-corrected chi connectivity index (χ2v) is 9.74. The summed E-state index contributed by atoms with van der Waals surface area (Å²) in [5.74, 6) is 1.16. The molecule has 4 aromatic rings. The lowest BCUT2D eigenvalue weighted by Crippen LogP contribution is -2.49. The average molecular weight is 541 g/mol. The number of anilines is 2. The first kappa shape index (κ1) is 25.3. The largest absolute Gasteiger partial charge is 0.475 e. The SMILES string of the molecule is CN(CCOc1ccc(Nc2ncc3cc(-c4c(Cl)cccc4Cl)c(=O)n(C)c3n2)nn1)CC1CCN1. The molecule has 1 aromatic carbocycles. The number of fused-ring (bicyclic) bond motifs is 1. The van der Waals surface area contributed by atoms with Crippen molar-refractivity contribution in [3.63, 3.8) is 0 Å². The number of hydrogen-bond acceptors (Lipinski definition) is 9. The molecule has 0 bridgehead atoms. The first-order valence-electron chi connectivity index (χ1n) is 11.9. The molecule has 1 unspecified atom stereocenters. The Labute approximate surface area is 223 Å². The molecule has 37 heavy (non-hydrogen) atoms. The van der Waals surface area contributed by atoms with E-state index in [1.807, 2.05) is 0 Å². The van der Waals surface area contributed by atoms with Crippen LogP contribution in [0.2, 0.25) is 10.0 Å². The van der Waals surface area contributed by atoms with Gasteiger partial charge >= 0.3 is 0 Å². The highest BCUT2D eigenvalue weighted by atomic mass is 35.5. The Morgan fingerprint density at radius 3 is 2.68 bits per heavy atom. The van der Waals surface area contributed by atoms with Gasteiger partial charge in [-0.25, -0.2) is 4.98 Å². The third-order valence-corrected chi connectivity index (χ3v) is 6.87. The van der Waals surface area contributed by atoms with E-state index in [9.17, 15) is 4.79 Å². The third-order valence-electron chi connectivity index (χ3n) is 6.24. The summed E-state index contributed by atoms with van der Waals surface area (Å²) in [6.07, 6.45) is 2.85. The summed E-state index contributed by atoms with van der Waals surface area (Å²) < 4.78 is 7.16. The van der Waals surface area contributed by atoms with E-state index < -0.39 is 0 Å². The van der Waals surface area contributed by atoms with Gasteiger partial charge < -0.3 is 20.3 Å². The lowest BCUT2D eigenvalue weighted by molar-refractivity contribution is 0.197. The molecule has 192 valence electrons. The zero-order valence-corrected chi connectivity index (χ0v) is 21.9. The van der Waals surface area contributed by atoms with Crippen LogP contribution in [0.15, 0.2) is 47.4 Å². The fourth-order valence-corrected chi connectivity index (χ4v) is 4.70. The third kappa shape index (κ3) is 5.67. The number of halogens is 2. The number of likely N-dealkylation sites (N-methyl/N-ethyl adjacent to an activating group) is 1. The summed E-state index contributed by atoms with van der Waals surface area (Å²) in [5, 5.41) is 16.1. The summed E-state index contributed by atoms with van der Waals surface area (Å²) in [7, 11) is 3.72. The number of ether oxygens (including phenoxy) is 1. The Kier molecular flexibility index (Phi) is 7.52. The van der Waals surface area contributed by atoms with E-state index in [1.165, 1.54) is 11.0 Å². The summed E-state index contributed by atoms with van der Waals surface area (Å²) >= 11 is 12.7. The fourth-order valence-electron chi connectivity index (χ4n) is 4.10. The van der Waals surface area contributed by atoms with Gasteiger partial charge in [0.1, 0.15) is 12.3 Å². The molecule has 2 N–H and O–H groups in total. The van der Waals surface area contributed by atoms with E-state index in [0.29, 0.717) is 56.6 Å². The quantitative estimate of drug-likeness (QED) is 0.329. The van der Waals surface area contributed by atoms with Crippen molar-refractivity contribution in [3.05, 3.63) is 63.0 Å². The maximum absolute atomic E-state index is 13.1. The number of nitrogens with zero attached hydrogens (tertiary/aromatic N) is 6. The summed E-state index contributed by atoms with van der Waals surface area (Å²) in [5.41, 5.74) is 1.03. The van der Waals surface area contributed by atoms with E-state index in [4.69, 9.17) is 27.9 Å². The smallest absolute Gasteiger partial charge is 0.259 e. The zero-order valence-electron chi connectivity index (χ0n) is 20.4. The van der Waals surface area contributed by atoms with Crippen molar-refractivity contribution >= 4 is 46.0 Å². The van der Waals surface area contributed by atoms with Crippen LogP contribution in [0.1, 0.15) is 6.42 Å². The van der Waals surface area contributed by atoms with E-state index in [-0.39, 0.29) is 11.5 Å². The second kappa shape index (κ2) is 11.0. The van der Waals surface area contributed by atoms with Gasteiger partial charge in [0.15, 0.2) is 5.82 Å². The molecule has 1 atom stereocenters. The minimum Gasteiger partial charge on any atom is -0.475 e. The molecule has 1 fully saturated rings. The standard InChI is InChI=1S/C25H26Cl2N8O2/c1-34(14-16-8-9-28-16)10-11-37-21-7-6-20(32-33-21)30-25-29-13-15-12-17(24(36)35(2)23(15)31-25)22-18(26)4-3-5-19(22)27/h3-7,12-13,16,28H,8-11,14H2,1-2H3,(H,29,30,31,32). The van der Waals surface area contributed by atoms with Crippen molar-refractivity contribution in [1.82, 2.24) is 34.9 Å². The van der Waals surface area contributed by atoms with Crippen LogP contribution in [0.4, 0.5) is 11.8 Å². The molecule has 1 saturated heterocycles. The van der Waals surface area contributed by atoms with Gasteiger partial charge in [0.25, 0.3) is 5.56 Å². The van der Waals surface area contributed by atoms with Crippen molar-refractivity contribution in [2.75, 3.05) is 38.6 Å². The predicted octanol–water partition coefficient (Wildman–Crippen LogP) is 3.51. The lowest BCUT2D eigenvalue weighted by Gasteiger charge is -2.31. The molecule has 3 aromatic heterocycles. The maximum Gasteiger partial charge on any atom is 0.259 e. The van der Waals surface area contributed by atoms with Crippen LogP contribution >= 0.6 is 23.2 Å². The van der Waals surface area contributed by atoms with Crippen LogP contribution in [0.25, 0.3) is 22.2 Å². The number of nitrogens with one attached hydrogen (secondary N) is 2. The van der Waals surface area contributed by atoms with Gasteiger partial charge in [-0.2, -0.15) is 4.98 Å². The summed E-state index contributed by atoms with van der Waals surface area (Å²) in [4.78, 5) is 24.2. The Morgan fingerprint density at radius 2 is 2.00 bits per heavy atom. The molecule has 10 nitrogen and oxygen atoms in total. The number of benzene rings is 1. The molecular weight excluding hydrogens is 515 g/mol. The van der Waals surface area contributed by atoms with Gasteiger partial charge in [0, 0.05) is 49.4 Å². The highest BCUT2D eigenvalue weighted by Gasteiger charge is 2.18. The number of rotatable bonds is 9. The Balaban J connectivity index is 1.27. The molecule has 0 spiro atoms. The summed E-state index contributed by atoms with van der Waals surface area (Å²) in [6, 6.07) is 10.9. The molecule has 0 saturated carbocycles. The van der Waals surface area contributed by atoms with Crippen molar-refractivity contribution < 1.29 is 4.74 Å². The summed E-state index contributed by atoms with van der Waals surface area (Å²) in [6.45, 7) is 3.43. The number of aromatic nitrogens is 5. The molecule has 1 aliphatic rings. The molecule has 0 radical (unpaired) electrons. The van der Waals surface area contributed by atoms with E-state index in [2.05, 4.69) is 42.7 Å². The van der Waals surface area contributed by atoms with Gasteiger partial charge in [-0.05, 0) is 44.3 Å². The average Bonchev–Trinajstić information content (AvgIpc) is 2.86. The normalized spacial score (nSPS) is 15.1. The van der Waals surface area contributed by atoms with Crippen molar-refractivity contribution in [2.45, 2.75) is 12.5 Å². The first-order chi connectivity index (χ1) is 17.9. The zero-order chi connectivity index (χ0) is 25.9. The highest BCUT2D eigenvalue weighted by molar-refractivity contribution is 6.39. The van der Waals surface area contributed by atoms with Crippen molar-refractivity contribution in [1.29, 1.82) is 0 Å². The maximum atomic E-state index is 13.1. The van der Waals surface area contributed by atoms with Crippen LogP contribution in [0, 0.1) is 0 Å². The molecule has 12 heteroatoms. The van der Waals surface area contributed by atoms with E-state index >= 15 is 0 Å². The molecule has 1 aliphatic heterocycles. The van der Waals surface area contributed by atoms with Gasteiger partial charge in [-0.1, -0.05) is 29.3 Å². The van der Waals surface area contributed by atoms with Gasteiger partial charge in [0.05, 0.1) is 15.6 Å². The molecule has 4 heterocycles. The number of pyridine rings is 1. The number of hydrogen-bond donors (Lipinski definition) is 2. The van der Waals surface area contributed by atoms with Gasteiger partial charge in [-0.3, -0.25) is 9.36 Å². The Bertz CT molecular complexity index is 1450. The predicted molar refractivity (Wildman–Crippen MR) is 145 cm³/mol. The van der Waals surface area contributed by atoms with Gasteiger partial charge in [-0.15, -0.1) is 10.2 Å². The van der Waals surface area contributed by atoms with E-state index in [0.717, 1.165) is 19.6 Å². The second-order valence-electron chi connectivity index (χ2n) is 8.92. The molecular formula is C25H26Cl2N8O2. The first-order valence-corrected chi connectivity index (χ1v) is 12.6. The lowest BCUT2D eigenvalue weighted by atomic mass is 10.1. The van der Waals surface area contributed by atoms with Crippen LogP contribution in [-0.4, -0.2) is 69.0 Å². The minimum absolute atomic E-state index is 0.275. The Morgan fingerprint density at radius 1 is 1.22 bits per heavy atom. The monoisotopic (exact) mass is 540 g/mol. The van der Waals surface area contributed by atoms with Crippen LogP contribution in [0.5, 0.6) is 5.88 Å². The van der Waals surface area contributed by atoms with Crippen LogP contribution in [0.3, 0.4) is 0 Å². The molecule has 0 amide bonds. The van der Waals surface area contributed by atoms with E-state index in [1.54, 1.807) is 49.6 Å². The van der Waals surface area contributed by atoms with Crippen molar-refractivity contribution in [2.24, 2.45) is 7.05 Å². The van der Waals surface area contributed by atoms with Crippen LogP contribution < -0.4 is 20.9 Å². The molecule has 0 aliphatic carbocycles. The molecule has 5 rings (SSSR count). The van der Waals surface area contributed by atoms with Gasteiger partial charge in [0.2, 0.25) is 11.8 Å². The van der Waals surface area contributed by atoms with Crippen molar-refractivity contribution in [3.8, 4) is 17.0 Å². The number of aryl methyl sites for hydroxylation is 1.